The van der Waals surface area contributed by atoms with Crippen molar-refractivity contribution in [3.8, 4) is 11.1 Å². The minimum absolute atomic E-state index is 0.525. The van der Waals surface area contributed by atoms with Crippen LogP contribution in [0.4, 0.5) is 0 Å². The van der Waals surface area contributed by atoms with Crippen molar-refractivity contribution >= 4 is 5.71 Å². The van der Waals surface area contributed by atoms with Crippen LogP contribution in [0.3, 0.4) is 0 Å². The summed E-state index contributed by atoms with van der Waals surface area (Å²) in [5.74, 6) is 0. The van der Waals surface area contributed by atoms with E-state index in [1.807, 2.05) is 18.2 Å². The van der Waals surface area contributed by atoms with E-state index in [0.29, 0.717) is 13.2 Å². The van der Waals surface area contributed by atoms with E-state index in [1.165, 1.54) is 17.5 Å². The van der Waals surface area contributed by atoms with E-state index in [4.69, 9.17) is 4.84 Å². The molecule has 3 rings (SSSR count). The van der Waals surface area contributed by atoms with Gasteiger partial charge in [0.05, 0.1) is 6.54 Å². The SMILES string of the molecule is CCCCON=C(Cn1cncn1)c1ccc(-c2ccccc2)cc1. The van der Waals surface area contributed by atoms with Crippen LogP contribution in [0.2, 0.25) is 0 Å². The van der Waals surface area contributed by atoms with Gasteiger partial charge in [-0.05, 0) is 17.5 Å². The second-order valence-electron chi connectivity index (χ2n) is 5.76. The molecule has 128 valence electrons. The lowest BCUT2D eigenvalue weighted by Gasteiger charge is -2.08. The Labute approximate surface area is 148 Å². The average molecular weight is 334 g/mol. The lowest BCUT2D eigenvalue weighted by molar-refractivity contribution is 0.140. The van der Waals surface area contributed by atoms with E-state index in [-0.39, 0.29) is 0 Å². The Bertz CT molecular complexity index is 780. The van der Waals surface area contributed by atoms with Gasteiger partial charge in [-0.15, -0.1) is 0 Å². The van der Waals surface area contributed by atoms with Gasteiger partial charge in [-0.2, -0.15) is 5.10 Å². The van der Waals surface area contributed by atoms with Gasteiger partial charge in [-0.25, -0.2) is 9.67 Å². The van der Waals surface area contributed by atoms with Crippen LogP contribution in [0.15, 0.2) is 72.4 Å². The third kappa shape index (κ3) is 4.76. The zero-order valence-electron chi connectivity index (χ0n) is 14.4. The molecule has 0 unspecified atom stereocenters. The van der Waals surface area contributed by atoms with Crippen LogP contribution in [-0.4, -0.2) is 27.1 Å². The third-order valence-electron chi connectivity index (χ3n) is 3.87. The number of unbranched alkanes of at least 4 members (excludes halogenated alkanes) is 1. The Morgan fingerprint density at radius 2 is 1.80 bits per heavy atom. The van der Waals surface area contributed by atoms with Crippen molar-refractivity contribution in [2.45, 2.75) is 26.3 Å². The summed E-state index contributed by atoms with van der Waals surface area (Å²) in [5.41, 5.74) is 4.23. The number of rotatable bonds is 8. The number of nitrogens with zero attached hydrogens (tertiary/aromatic N) is 4. The monoisotopic (exact) mass is 334 g/mol. The van der Waals surface area contributed by atoms with Gasteiger partial charge in [-0.3, -0.25) is 0 Å². The van der Waals surface area contributed by atoms with E-state index in [0.717, 1.165) is 24.1 Å². The van der Waals surface area contributed by atoms with Crippen molar-refractivity contribution in [2.75, 3.05) is 6.61 Å². The summed E-state index contributed by atoms with van der Waals surface area (Å²) in [6.45, 7) is 3.28. The van der Waals surface area contributed by atoms with Gasteiger partial charge in [0.1, 0.15) is 25.0 Å². The molecule has 0 radical (unpaired) electrons. The maximum atomic E-state index is 5.48. The molecule has 0 aliphatic carbocycles. The van der Waals surface area contributed by atoms with E-state index in [9.17, 15) is 0 Å². The first-order valence-electron chi connectivity index (χ1n) is 8.54. The number of hydrogen-bond donors (Lipinski definition) is 0. The molecule has 1 heterocycles. The van der Waals surface area contributed by atoms with Crippen LogP contribution in [-0.2, 0) is 11.4 Å². The summed E-state index contributed by atoms with van der Waals surface area (Å²) >= 11 is 0. The molecule has 5 heteroatoms. The minimum Gasteiger partial charge on any atom is -0.396 e. The summed E-state index contributed by atoms with van der Waals surface area (Å²) in [7, 11) is 0. The topological polar surface area (TPSA) is 52.3 Å². The normalized spacial score (nSPS) is 11.5. The van der Waals surface area contributed by atoms with Crippen molar-refractivity contribution in [1.29, 1.82) is 0 Å². The summed E-state index contributed by atoms with van der Waals surface area (Å²) in [6, 6.07) is 18.7. The molecule has 0 bridgehead atoms. The Morgan fingerprint density at radius 3 is 2.48 bits per heavy atom. The van der Waals surface area contributed by atoms with Crippen LogP contribution in [0.1, 0.15) is 25.3 Å². The highest BCUT2D eigenvalue weighted by atomic mass is 16.6. The quantitative estimate of drug-likeness (QED) is 0.353. The second-order valence-corrected chi connectivity index (χ2v) is 5.76. The largest absolute Gasteiger partial charge is 0.396 e. The summed E-state index contributed by atoms with van der Waals surface area (Å²) in [4.78, 5) is 9.47. The Balaban J connectivity index is 1.79. The van der Waals surface area contributed by atoms with Crippen molar-refractivity contribution < 1.29 is 4.84 Å². The highest BCUT2D eigenvalue weighted by Gasteiger charge is 2.08. The fourth-order valence-electron chi connectivity index (χ4n) is 2.46. The Kier molecular flexibility index (Phi) is 5.93. The first-order chi connectivity index (χ1) is 12.4. The first kappa shape index (κ1) is 16.9. The van der Waals surface area contributed by atoms with Crippen molar-refractivity contribution in [3.63, 3.8) is 0 Å². The molecule has 5 nitrogen and oxygen atoms in total. The molecule has 0 saturated heterocycles. The molecule has 0 fully saturated rings. The molecule has 25 heavy (non-hydrogen) atoms. The second kappa shape index (κ2) is 8.78. The van der Waals surface area contributed by atoms with Crippen molar-refractivity contribution in [2.24, 2.45) is 5.16 Å². The number of benzene rings is 2. The van der Waals surface area contributed by atoms with Crippen LogP contribution < -0.4 is 0 Å². The molecular formula is C20H22N4O. The first-order valence-corrected chi connectivity index (χ1v) is 8.54. The maximum absolute atomic E-state index is 5.48. The molecule has 1 aromatic heterocycles. The fraction of sp³-hybridized carbons (Fsp3) is 0.250. The lowest BCUT2D eigenvalue weighted by atomic mass is 10.0. The molecule has 0 atom stereocenters. The van der Waals surface area contributed by atoms with Crippen LogP contribution in [0.25, 0.3) is 11.1 Å². The molecule has 2 aromatic carbocycles. The third-order valence-corrected chi connectivity index (χ3v) is 3.87. The zero-order chi connectivity index (χ0) is 17.3. The van der Waals surface area contributed by atoms with Gasteiger partial charge in [0.2, 0.25) is 0 Å². The van der Waals surface area contributed by atoms with Gasteiger partial charge in [0.25, 0.3) is 0 Å². The maximum Gasteiger partial charge on any atom is 0.137 e. The Morgan fingerprint density at radius 1 is 1.04 bits per heavy atom. The van der Waals surface area contributed by atoms with E-state index in [1.54, 1.807) is 11.0 Å². The highest BCUT2D eigenvalue weighted by Crippen LogP contribution is 2.19. The molecule has 0 spiro atoms. The molecule has 0 aliphatic rings. The van der Waals surface area contributed by atoms with Gasteiger partial charge < -0.3 is 4.84 Å². The van der Waals surface area contributed by atoms with Crippen molar-refractivity contribution in [3.05, 3.63) is 72.8 Å². The lowest BCUT2D eigenvalue weighted by Crippen LogP contribution is -2.13. The standard InChI is InChI=1S/C20H22N4O/c1-2-3-13-25-23-20(14-24-16-21-15-22-24)19-11-9-18(10-12-19)17-7-5-4-6-8-17/h4-12,15-16H,2-3,13-14H2,1H3. The van der Waals surface area contributed by atoms with E-state index >= 15 is 0 Å². The van der Waals surface area contributed by atoms with Crippen molar-refractivity contribution in [1.82, 2.24) is 14.8 Å². The predicted molar refractivity (Wildman–Crippen MR) is 99.3 cm³/mol. The zero-order valence-corrected chi connectivity index (χ0v) is 14.4. The Hall–Kier alpha value is -2.95. The van der Waals surface area contributed by atoms with Gasteiger partial charge in [0.15, 0.2) is 0 Å². The molecule has 0 saturated carbocycles. The van der Waals surface area contributed by atoms with Crippen LogP contribution in [0, 0.1) is 0 Å². The van der Waals surface area contributed by atoms with Gasteiger partial charge >= 0.3 is 0 Å². The van der Waals surface area contributed by atoms with E-state index < -0.39 is 0 Å². The molecule has 0 N–H and O–H groups in total. The van der Waals surface area contributed by atoms with E-state index in [2.05, 4.69) is 58.6 Å². The number of aromatic nitrogens is 3. The summed E-state index contributed by atoms with van der Waals surface area (Å²) in [6.07, 6.45) is 5.28. The summed E-state index contributed by atoms with van der Waals surface area (Å²) < 4.78 is 1.74. The fourth-order valence-corrected chi connectivity index (χ4v) is 2.46. The minimum atomic E-state index is 0.525. The predicted octanol–water partition coefficient (Wildman–Crippen LogP) is 4.17. The van der Waals surface area contributed by atoms with Gasteiger partial charge in [-0.1, -0.05) is 73.1 Å². The average Bonchev–Trinajstić information content (AvgIpc) is 3.18. The van der Waals surface area contributed by atoms with Crippen LogP contribution >= 0.6 is 0 Å². The molecule has 0 amide bonds. The smallest absolute Gasteiger partial charge is 0.137 e. The molecule has 3 aromatic rings. The number of hydrogen-bond acceptors (Lipinski definition) is 4. The van der Waals surface area contributed by atoms with Gasteiger partial charge in [0, 0.05) is 5.56 Å². The van der Waals surface area contributed by atoms with Crippen LogP contribution in [0.5, 0.6) is 0 Å². The molecule has 0 aliphatic heterocycles. The molecular weight excluding hydrogens is 312 g/mol. The summed E-state index contributed by atoms with van der Waals surface area (Å²) in [5, 5.41) is 8.50. The highest BCUT2D eigenvalue weighted by molar-refractivity contribution is 6.00. The number of oxime groups is 1.